The second kappa shape index (κ2) is 4.83. The van der Waals surface area contributed by atoms with E-state index in [0.29, 0.717) is 18.6 Å². The molecule has 3 N–H and O–H groups in total. The zero-order valence-corrected chi connectivity index (χ0v) is 10.8. The van der Waals surface area contributed by atoms with E-state index in [9.17, 15) is 12.8 Å². The molecule has 0 amide bonds. The number of fused-ring (bicyclic) bond motifs is 1. The Balaban J connectivity index is 2.53. The van der Waals surface area contributed by atoms with Crippen molar-refractivity contribution >= 4 is 10.0 Å². The fourth-order valence-electron chi connectivity index (χ4n) is 1.89. The number of nitrogens with two attached hydrogens (primary N) is 1. The second-order valence-electron chi connectivity index (χ2n) is 4.07. The first-order chi connectivity index (χ1) is 8.45. The Morgan fingerprint density at radius 3 is 2.94 bits per heavy atom. The summed E-state index contributed by atoms with van der Waals surface area (Å²) in [7, 11) is -3.69. The Hall–Kier alpha value is -1.18. The summed E-state index contributed by atoms with van der Waals surface area (Å²) in [4.78, 5) is -0.124. The van der Waals surface area contributed by atoms with E-state index in [2.05, 4.69) is 4.72 Å². The highest BCUT2D eigenvalue weighted by Gasteiger charge is 2.25. The number of rotatable bonds is 3. The van der Waals surface area contributed by atoms with Crippen LogP contribution in [0.3, 0.4) is 0 Å². The van der Waals surface area contributed by atoms with Crippen molar-refractivity contribution in [2.45, 2.75) is 24.3 Å². The van der Waals surface area contributed by atoms with Gasteiger partial charge in [-0.25, -0.2) is 17.5 Å². The molecule has 1 aromatic rings. The summed E-state index contributed by atoms with van der Waals surface area (Å²) in [5.74, 6) is -0.636. The van der Waals surface area contributed by atoms with Gasteiger partial charge in [-0.1, -0.05) is 6.92 Å². The van der Waals surface area contributed by atoms with Gasteiger partial charge < -0.3 is 10.5 Å². The van der Waals surface area contributed by atoms with Gasteiger partial charge in [0.25, 0.3) is 0 Å². The van der Waals surface area contributed by atoms with Crippen molar-refractivity contribution in [2.75, 3.05) is 13.2 Å². The molecule has 1 unspecified atom stereocenters. The molecule has 2 rings (SSSR count). The third-order valence-electron chi connectivity index (χ3n) is 2.77. The van der Waals surface area contributed by atoms with Crippen molar-refractivity contribution in [3.05, 3.63) is 23.5 Å². The lowest BCUT2D eigenvalue weighted by Crippen LogP contribution is -2.25. The van der Waals surface area contributed by atoms with Crippen molar-refractivity contribution in [2.24, 2.45) is 5.73 Å². The van der Waals surface area contributed by atoms with E-state index in [1.54, 1.807) is 6.92 Å². The van der Waals surface area contributed by atoms with E-state index in [0.717, 1.165) is 6.07 Å². The summed E-state index contributed by atoms with van der Waals surface area (Å²) in [6.07, 6.45) is 0.539. The summed E-state index contributed by atoms with van der Waals surface area (Å²) < 4.78 is 44.9. The monoisotopic (exact) mass is 274 g/mol. The number of hydrogen-bond acceptors (Lipinski definition) is 4. The number of nitrogens with one attached hydrogen (secondary N) is 1. The lowest BCUT2D eigenvalue weighted by Gasteiger charge is -2.24. The minimum absolute atomic E-state index is 0.0594. The van der Waals surface area contributed by atoms with Crippen LogP contribution in [0.2, 0.25) is 0 Å². The Kier molecular flexibility index (Phi) is 3.56. The van der Waals surface area contributed by atoms with Crippen molar-refractivity contribution < 1.29 is 17.5 Å². The molecule has 5 nitrogen and oxygen atoms in total. The summed E-state index contributed by atoms with van der Waals surface area (Å²) in [6.45, 7) is 2.23. The molecule has 1 aromatic carbocycles. The molecule has 0 aliphatic carbocycles. The predicted molar refractivity (Wildman–Crippen MR) is 64.3 cm³/mol. The highest BCUT2D eigenvalue weighted by molar-refractivity contribution is 7.89. The molecule has 1 heterocycles. The SMILES string of the molecule is CCNS(=O)(=O)c1cc(F)c2c(c1)C(N)CCO2. The molecule has 0 saturated heterocycles. The van der Waals surface area contributed by atoms with Crippen LogP contribution < -0.4 is 15.2 Å². The molecule has 0 saturated carbocycles. The topological polar surface area (TPSA) is 81.4 Å². The molecule has 1 aliphatic rings. The summed E-state index contributed by atoms with van der Waals surface area (Å²) >= 11 is 0. The lowest BCUT2D eigenvalue weighted by atomic mass is 10.0. The fourth-order valence-corrected chi connectivity index (χ4v) is 2.98. The van der Waals surface area contributed by atoms with Crippen molar-refractivity contribution in [1.29, 1.82) is 0 Å². The second-order valence-corrected chi connectivity index (χ2v) is 5.84. The predicted octanol–water partition coefficient (Wildman–Crippen LogP) is 0.906. The maximum absolute atomic E-state index is 13.8. The maximum Gasteiger partial charge on any atom is 0.240 e. The number of ether oxygens (including phenoxy) is 1. The molecule has 0 bridgehead atoms. The van der Waals surface area contributed by atoms with Gasteiger partial charge in [0, 0.05) is 24.6 Å². The third-order valence-corrected chi connectivity index (χ3v) is 4.29. The highest BCUT2D eigenvalue weighted by Crippen LogP contribution is 2.34. The minimum atomic E-state index is -3.69. The maximum atomic E-state index is 13.8. The summed E-state index contributed by atoms with van der Waals surface area (Å²) in [6, 6.07) is 1.93. The first kappa shape index (κ1) is 13.3. The van der Waals surface area contributed by atoms with Crippen LogP contribution in [0.4, 0.5) is 4.39 Å². The molecule has 0 aromatic heterocycles. The average Bonchev–Trinajstić information content (AvgIpc) is 2.30. The van der Waals surface area contributed by atoms with Crippen LogP contribution in [0, 0.1) is 5.82 Å². The van der Waals surface area contributed by atoms with Gasteiger partial charge in [0.2, 0.25) is 10.0 Å². The van der Waals surface area contributed by atoms with Gasteiger partial charge in [0.1, 0.15) is 0 Å². The first-order valence-corrected chi connectivity index (χ1v) is 7.15. The third kappa shape index (κ3) is 2.33. The fraction of sp³-hybridized carbons (Fsp3) is 0.455. The van der Waals surface area contributed by atoms with E-state index >= 15 is 0 Å². The van der Waals surface area contributed by atoms with E-state index in [-0.39, 0.29) is 17.2 Å². The first-order valence-electron chi connectivity index (χ1n) is 5.67. The van der Waals surface area contributed by atoms with Crippen LogP contribution in [0.25, 0.3) is 0 Å². The molecule has 0 fully saturated rings. The van der Waals surface area contributed by atoms with Crippen LogP contribution in [-0.2, 0) is 10.0 Å². The average molecular weight is 274 g/mol. The molecular formula is C11H15FN2O3S. The highest BCUT2D eigenvalue weighted by atomic mass is 32.2. The van der Waals surface area contributed by atoms with E-state index in [1.165, 1.54) is 6.07 Å². The molecule has 1 atom stereocenters. The van der Waals surface area contributed by atoms with Crippen LogP contribution in [-0.4, -0.2) is 21.6 Å². The molecular weight excluding hydrogens is 259 g/mol. The molecule has 1 aliphatic heterocycles. The largest absolute Gasteiger partial charge is 0.490 e. The van der Waals surface area contributed by atoms with Gasteiger partial charge in [-0.15, -0.1) is 0 Å². The molecule has 100 valence electrons. The molecule has 0 radical (unpaired) electrons. The normalized spacial score (nSPS) is 19.2. The molecule has 18 heavy (non-hydrogen) atoms. The van der Waals surface area contributed by atoms with Crippen LogP contribution in [0.1, 0.15) is 24.9 Å². The van der Waals surface area contributed by atoms with Crippen LogP contribution in [0.15, 0.2) is 17.0 Å². The zero-order chi connectivity index (χ0) is 13.3. The van der Waals surface area contributed by atoms with Gasteiger partial charge in [0.05, 0.1) is 11.5 Å². The standard InChI is InChI=1S/C11H15FN2O3S/c1-2-14-18(15,16)7-5-8-10(13)3-4-17-11(8)9(12)6-7/h5-6,10,14H,2-4,13H2,1H3. The van der Waals surface area contributed by atoms with Gasteiger partial charge in [0.15, 0.2) is 11.6 Å². The number of halogens is 1. The smallest absolute Gasteiger partial charge is 0.240 e. The van der Waals surface area contributed by atoms with Gasteiger partial charge in [-0.2, -0.15) is 0 Å². The number of benzene rings is 1. The summed E-state index contributed by atoms with van der Waals surface area (Å²) in [5.41, 5.74) is 6.24. The van der Waals surface area contributed by atoms with Crippen LogP contribution >= 0.6 is 0 Å². The van der Waals surface area contributed by atoms with E-state index in [1.807, 2.05) is 0 Å². The number of sulfonamides is 1. The lowest BCUT2D eigenvalue weighted by molar-refractivity contribution is 0.254. The van der Waals surface area contributed by atoms with Gasteiger partial charge in [-0.05, 0) is 12.1 Å². The quantitative estimate of drug-likeness (QED) is 0.858. The van der Waals surface area contributed by atoms with Gasteiger partial charge >= 0.3 is 0 Å². The Morgan fingerprint density at radius 1 is 1.56 bits per heavy atom. The van der Waals surface area contributed by atoms with Crippen LogP contribution in [0.5, 0.6) is 5.75 Å². The number of hydrogen-bond donors (Lipinski definition) is 2. The summed E-state index contributed by atoms with van der Waals surface area (Å²) in [5, 5.41) is 0. The Labute approximate surface area is 105 Å². The molecule has 7 heteroatoms. The van der Waals surface area contributed by atoms with Gasteiger partial charge in [-0.3, -0.25) is 0 Å². The zero-order valence-electron chi connectivity index (χ0n) is 9.94. The Morgan fingerprint density at radius 2 is 2.28 bits per heavy atom. The minimum Gasteiger partial charge on any atom is -0.490 e. The Bertz CT molecular complexity index is 560. The van der Waals surface area contributed by atoms with Crippen molar-refractivity contribution in [1.82, 2.24) is 4.72 Å². The van der Waals surface area contributed by atoms with E-state index in [4.69, 9.17) is 10.5 Å². The molecule has 0 spiro atoms. The van der Waals surface area contributed by atoms with E-state index < -0.39 is 21.9 Å². The van der Waals surface area contributed by atoms with Crippen molar-refractivity contribution in [3.8, 4) is 5.75 Å². The van der Waals surface area contributed by atoms with Crippen molar-refractivity contribution in [3.63, 3.8) is 0 Å².